The van der Waals surface area contributed by atoms with E-state index in [1.807, 2.05) is 60.7 Å². The largest absolute Gasteiger partial charge is 0.460 e. The van der Waals surface area contributed by atoms with Crippen LogP contribution in [0.1, 0.15) is 17.9 Å². The van der Waals surface area contributed by atoms with Gasteiger partial charge in [-0.25, -0.2) is 14.3 Å². The Morgan fingerprint density at radius 1 is 1.12 bits per heavy atom. The molecule has 1 aliphatic rings. The predicted octanol–water partition coefficient (Wildman–Crippen LogP) is 3.79. The second-order valence-electron chi connectivity index (χ2n) is 9.32. The van der Waals surface area contributed by atoms with Crippen molar-refractivity contribution in [3.8, 4) is 5.75 Å². The Labute approximate surface area is 245 Å². The van der Waals surface area contributed by atoms with Gasteiger partial charge in [-0.15, -0.1) is 0 Å². The molecule has 218 valence electrons. The number of nitrogens with zero attached hydrogens (tertiary/aromatic N) is 3. The van der Waals surface area contributed by atoms with Gasteiger partial charge in [-0.1, -0.05) is 78.5 Å². The summed E-state index contributed by atoms with van der Waals surface area (Å²) < 4.78 is 32.4. The predicted molar refractivity (Wildman–Crippen MR) is 158 cm³/mol. The molecule has 3 aromatic carbocycles. The van der Waals surface area contributed by atoms with Gasteiger partial charge < -0.3 is 20.1 Å². The van der Waals surface area contributed by atoms with Crippen LogP contribution in [0.15, 0.2) is 94.9 Å². The van der Waals surface area contributed by atoms with Gasteiger partial charge in [-0.05, 0) is 30.0 Å². The first-order valence-corrected chi connectivity index (χ1v) is 15.3. The molecule has 2 heterocycles. The maximum Gasteiger partial charge on any atom is 0.459 e. The van der Waals surface area contributed by atoms with E-state index in [-0.39, 0.29) is 24.9 Å². The SMILES string of the molecule is C[C@H](NP(=O)(OCC1=CC(O)[C@H](n2cnc(N)nc2=O)S1)Oc1cccc2ccccc12)C(=O)OCc1ccccc1. The summed E-state index contributed by atoms with van der Waals surface area (Å²) in [4.78, 5) is 33.0. The molecule has 0 radical (unpaired) electrons. The van der Waals surface area contributed by atoms with E-state index in [1.54, 1.807) is 12.1 Å². The standard InChI is InChI=1S/C28H28N5O7PS/c1-18(26(35)38-15-19-8-3-2-4-9-19)32-41(37,40-24-13-7-11-20-10-5-6-12-22(20)24)39-16-21-14-23(34)25(42-21)33-17-30-27(29)31-28(33)36/h2-14,17-18,23,25,34H,15-16H2,1H3,(H,32,37)(H2,29,31,36)/t18-,23?,25+,41?/m0/s1. The van der Waals surface area contributed by atoms with Crippen LogP contribution in [-0.2, 0) is 25.2 Å². The van der Waals surface area contributed by atoms with Gasteiger partial charge in [0.15, 0.2) is 0 Å². The lowest BCUT2D eigenvalue weighted by Crippen LogP contribution is -2.35. The fourth-order valence-electron chi connectivity index (χ4n) is 4.16. The molecular weight excluding hydrogens is 581 g/mol. The monoisotopic (exact) mass is 609 g/mol. The number of aliphatic hydroxyl groups excluding tert-OH is 1. The number of nitrogens with two attached hydrogens (primary N) is 1. The van der Waals surface area contributed by atoms with Crippen molar-refractivity contribution >= 4 is 42.2 Å². The van der Waals surface area contributed by atoms with Crippen molar-refractivity contribution in [1.29, 1.82) is 0 Å². The lowest BCUT2D eigenvalue weighted by molar-refractivity contribution is -0.146. The van der Waals surface area contributed by atoms with Crippen LogP contribution in [0.2, 0.25) is 0 Å². The first-order chi connectivity index (χ1) is 20.2. The van der Waals surface area contributed by atoms with Gasteiger partial charge in [0.2, 0.25) is 5.95 Å². The minimum absolute atomic E-state index is 0.0397. The van der Waals surface area contributed by atoms with Crippen LogP contribution in [0.25, 0.3) is 10.8 Å². The first kappa shape index (κ1) is 29.5. The quantitative estimate of drug-likeness (QED) is 0.166. The van der Waals surface area contributed by atoms with Crippen LogP contribution >= 0.6 is 19.5 Å². The highest BCUT2D eigenvalue weighted by atomic mass is 32.2. The van der Waals surface area contributed by atoms with E-state index in [2.05, 4.69) is 15.1 Å². The van der Waals surface area contributed by atoms with E-state index >= 15 is 0 Å². The number of benzene rings is 3. The third-order valence-corrected chi connectivity index (χ3v) is 9.13. The summed E-state index contributed by atoms with van der Waals surface area (Å²) in [6.07, 6.45) is 1.58. The van der Waals surface area contributed by atoms with Crippen molar-refractivity contribution in [3.05, 3.63) is 106 Å². The second-order valence-corrected chi connectivity index (χ2v) is 12.3. The summed E-state index contributed by atoms with van der Waals surface area (Å²) in [5, 5.41) is 14.0. The molecule has 4 aromatic rings. The number of fused-ring (bicyclic) bond motifs is 1. The summed E-state index contributed by atoms with van der Waals surface area (Å²) in [7, 11) is -4.23. The van der Waals surface area contributed by atoms with Crippen molar-refractivity contribution in [2.24, 2.45) is 0 Å². The minimum Gasteiger partial charge on any atom is -0.460 e. The average molecular weight is 610 g/mol. The van der Waals surface area contributed by atoms with E-state index in [4.69, 9.17) is 19.5 Å². The zero-order valence-corrected chi connectivity index (χ0v) is 24.1. The van der Waals surface area contributed by atoms with E-state index in [0.717, 1.165) is 27.3 Å². The number of esters is 1. The molecule has 2 unspecified atom stereocenters. The van der Waals surface area contributed by atoms with Crippen LogP contribution < -0.4 is 21.0 Å². The molecule has 12 nitrogen and oxygen atoms in total. The Balaban J connectivity index is 1.32. The third kappa shape index (κ3) is 7.07. The molecule has 42 heavy (non-hydrogen) atoms. The van der Waals surface area contributed by atoms with Crippen LogP contribution in [0, 0.1) is 0 Å². The van der Waals surface area contributed by atoms with Crippen molar-refractivity contribution < 1.29 is 28.3 Å². The zero-order valence-electron chi connectivity index (χ0n) is 22.4. The molecule has 0 spiro atoms. The first-order valence-electron chi connectivity index (χ1n) is 12.9. The molecule has 4 atom stereocenters. The van der Waals surface area contributed by atoms with E-state index in [9.17, 15) is 19.3 Å². The number of aliphatic hydroxyl groups is 1. The average Bonchev–Trinajstić information content (AvgIpc) is 3.35. The lowest BCUT2D eigenvalue weighted by Gasteiger charge is -2.24. The van der Waals surface area contributed by atoms with Gasteiger partial charge in [0.05, 0.1) is 6.61 Å². The van der Waals surface area contributed by atoms with Crippen LogP contribution in [-0.4, -0.2) is 44.4 Å². The van der Waals surface area contributed by atoms with E-state index in [1.165, 1.54) is 19.3 Å². The topological polar surface area (TPSA) is 168 Å². The normalized spacial score (nSPS) is 18.7. The Kier molecular flexibility index (Phi) is 9.05. The Morgan fingerprint density at radius 2 is 1.86 bits per heavy atom. The lowest BCUT2D eigenvalue weighted by atomic mass is 10.1. The van der Waals surface area contributed by atoms with Crippen LogP contribution in [0.4, 0.5) is 5.95 Å². The maximum atomic E-state index is 14.1. The van der Waals surface area contributed by atoms with E-state index in [0.29, 0.717) is 10.3 Å². The number of carbonyl (C=O) groups excluding carboxylic acids is 1. The van der Waals surface area contributed by atoms with Crippen molar-refractivity contribution in [2.45, 2.75) is 31.1 Å². The smallest absolute Gasteiger partial charge is 0.459 e. The summed E-state index contributed by atoms with van der Waals surface area (Å²) in [5.74, 6) is -0.554. The molecule has 5 rings (SSSR count). The Bertz CT molecular complexity index is 1710. The number of thioether (sulfide) groups is 1. The van der Waals surface area contributed by atoms with Gasteiger partial charge in [0.1, 0.15) is 36.2 Å². The van der Waals surface area contributed by atoms with Crippen LogP contribution in [0.5, 0.6) is 5.75 Å². The molecule has 14 heteroatoms. The molecule has 1 aromatic heterocycles. The number of nitrogen functional groups attached to an aromatic ring is 1. The van der Waals surface area contributed by atoms with Gasteiger partial charge >= 0.3 is 19.4 Å². The molecule has 0 fully saturated rings. The number of nitrogens with one attached hydrogen (secondary N) is 1. The number of aromatic nitrogens is 3. The molecule has 0 amide bonds. The molecule has 0 saturated heterocycles. The maximum absolute atomic E-state index is 14.1. The summed E-state index contributed by atoms with van der Waals surface area (Å²) >= 11 is 1.10. The van der Waals surface area contributed by atoms with E-state index < -0.39 is 36.9 Å². The highest BCUT2D eigenvalue weighted by molar-refractivity contribution is 8.03. The number of hydrogen-bond donors (Lipinski definition) is 3. The number of rotatable bonds is 11. The van der Waals surface area contributed by atoms with Crippen molar-refractivity contribution in [1.82, 2.24) is 19.6 Å². The summed E-state index contributed by atoms with van der Waals surface area (Å²) in [5.41, 5.74) is 5.59. The minimum atomic E-state index is -4.23. The molecule has 4 N–H and O–H groups in total. The second kappa shape index (κ2) is 12.9. The van der Waals surface area contributed by atoms with Gasteiger partial charge in [0, 0.05) is 10.3 Å². The molecule has 1 aliphatic heterocycles. The Morgan fingerprint density at radius 3 is 2.64 bits per heavy atom. The highest BCUT2D eigenvalue weighted by Gasteiger charge is 2.35. The summed E-state index contributed by atoms with van der Waals surface area (Å²) in [6.45, 7) is 1.27. The molecule has 0 bridgehead atoms. The fraction of sp³-hybridized carbons (Fsp3) is 0.214. The number of carbonyl (C=O) groups is 1. The van der Waals surface area contributed by atoms with Crippen molar-refractivity contribution in [2.75, 3.05) is 12.3 Å². The molecular formula is C28H28N5O7PS. The number of ether oxygens (including phenoxy) is 1. The Hall–Kier alpha value is -4.00. The molecule has 0 aliphatic carbocycles. The number of anilines is 1. The van der Waals surface area contributed by atoms with Crippen molar-refractivity contribution in [3.63, 3.8) is 0 Å². The third-order valence-electron chi connectivity index (χ3n) is 6.21. The zero-order chi connectivity index (χ0) is 29.7. The summed E-state index contributed by atoms with van der Waals surface area (Å²) in [6, 6.07) is 20.8. The molecule has 0 saturated carbocycles. The number of hydrogen-bond acceptors (Lipinski definition) is 11. The highest BCUT2D eigenvalue weighted by Crippen LogP contribution is 2.49. The van der Waals surface area contributed by atoms with Gasteiger partial charge in [0.25, 0.3) is 0 Å². The fourth-order valence-corrected chi connectivity index (χ4v) is 6.86. The van der Waals surface area contributed by atoms with Crippen LogP contribution in [0.3, 0.4) is 0 Å². The van der Waals surface area contributed by atoms with Gasteiger partial charge in [-0.2, -0.15) is 10.1 Å². The van der Waals surface area contributed by atoms with Gasteiger partial charge in [-0.3, -0.25) is 13.9 Å².